The first-order valence-corrected chi connectivity index (χ1v) is 13.1. The van der Waals surface area contributed by atoms with E-state index in [0.29, 0.717) is 0 Å². The molecule has 4 nitrogen and oxygen atoms in total. The van der Waals surface area contributed by atoms with Crippen LogP contribution in [0.3, 0.4) is 0 Å². The first kappa shape index (κ1) is 26.1. The molecular formula is C21H49N4P. The van der Waals surface area contributed by atoms with Crippen molar-refractivity contribution in [1.29, 1.82) is 0 Å². The van der Waals surface area contributed by atoms with Gasteiger partial charge in [-0.05, 0) is 44.9 Å². The van der Waals surface area contributed by atoms with Gasteiger partial charge >= 0.3 is 0 Å². The van der Waals surface area contributed by atoms with E-state index in [4.69, 9.17) is 4.74 Å². The first-order valence-electron chi connectivity index (χ1n) is 11.5. The van der Waals surface area contributed by atoms with Crippen molar-refractivity contribution in [2.24, 2.45) is 4.74 Å². The summed E-state index contributed by atoms with van der Waals surface area (Å²) in [6.45, 7) is 24.2. The summed E-state index contributed by atoms with van der Waals surface area (Å²) in [5.41, 5.74) is 0. The van der Waals surface area contributed by atoms with E-state index < -0.39 is 7.51 Å². The molecule has 0 aliphatic rings. The van der Waals surface area contributed by atoms with Gasteiger partial charge in [0.25, 0.3) is 0 Å². The van der Waals surface area contributed by atoms with Gasteiger partial charge in [-0.2, -0.15) is 0 Å². The molecule has 0 aliphatic carbocycles. The van der Waals surface area contributed by atoms with Gasteiger partial charge in [0.1, 0.15) is 0 Å². The topological polar surface area (TPSA) is 22.1 Å². The summed E-state index contributed by atoms with van der Waals surface area (Å²) in [6, 6.07) is 0. The third-order valence-corrected chi connectivity index (χ3v) is 8.60. The predicted octanol–water partition coefficient (Wildman–Crippen LogP) is 6.71. The Balaban J connectivity index is 6.44. The van der Waals surface area contributed by atoms with E-state index in [2.05, 4.69) is 62.5 Å². The van der Waals surface area contributed by atoms with E-state index >= 15 is 0 Å². The second-order valence-electron chi connectivity index (χ2n) is 7.26. The highest BCUT2D eigenvalue weighted by atomic mass is 31.2. The summed E-state index contributed by atoms with van der Waals surface area (Å²) in [6.07, 6.45) is 8.40. The Hall–Kier alpha value is 0.110. The highest BCUT2D eigenvalue weighted by Gasteiger charge is 2.38. The zero-order valence-corrected chi connectivity index (χ0v) is 20.0. The van der Waals surface area contributed by atoms with Crippen molar-refractivity contribution in [2.45, 2.75) is 93.4 Å². The summed E-state index contributed by atoms with van der Waals surface area (Å²) in [5, 5.41) is 0. The fraction of sp³-hybridized carbons (Fsp3) is 1.00. The standard InChI is InChI=1S/C21H49N4P/c1-8-15-22-26(23(16-9-2)17-10-3,24(18-11-4)19-12-5)25(20-13-6)21-14-7/h8-21H2,1-7H3. The maximum atomic E-state index is 5.58. The van der Waals surface area contributed by atoms with Crippen LogP contribution in [-0.4, -0.2) is 59.8 Å². The van der Waals surface area contributed by atoms with Crippen LogP contribution >= 0.6 is 7.51 Å². The molecule has 0 rings (SSSR count). The molecule has 0 saturated heterocycles. The smallest absolute Gasteiger partial charge is 0.167 e. The molecule has 0 heterocycles. The van der Waals surface area contributed by atoms with Crippen LogP contribution in [0.1, 0.15) is 93.4 Å². The van der Waals surface area contributed by atoms with Gasteiger partial charge in [0.15, 0.2) is 7.51 Å². The Kier molecular flexibility index (Phi) is 16.2. The molecule has 0 bridgehead atoms. The lowest BCUT2D eigenvalue weighted by molar-refractivity contribution is 0.301. The van der Waals surface area contributed by atoms with Crippen LogP contribution in [0.25, 0.3) is 0 Å². The average Bonchev–Trinajstić information content (AvgIpc) is 2.63. The maximum Gasteiger partial charge on any atom is 0.167 e. The van der Waals surface area contributed by atoms with Crippen molar-refractivity contribution in [3.8, 4) is 0 Å². The molecule has 158 valence electrons. The lowest BCUT2D eigenvalue weighted by Gasteiger charge is -2.50. The summed E-state index contributed by atoms with van der Waals surface area (Å²) in [4.78, 5) is 0. The van der Waals surface area contributed by atoms with Crippen LogP contribution < -0.4 is 0 Å². The van der Waals surface area contributed by atoms with Gasteiger partial charge in [-0.25, -0.2) is 14.0 Å². The van der Waals surface area contributed by atoms with E-state index in [0.717, 1.165) is 13.0 Å². The van der Waals surface area contributed by atoms with Crippen molar-refractivity contribution in [3.05, 3.63) is 0 Å². The lowest BCUT2D eigenvalue weighted by atomic mass is 10.4. The second-order valence-corrected chi connectivity index (χ2v) is 10.3. The van der Waals surface area contributed by atoms with Crippen LogP contribution in [0.15, 0.2) is 4.74 Å². The fourth-order valence-electron chi connectivity index (χ4n) is 3.73. The average molecular weight is 389 g/mol. The summed E-state index contributed by atoms with van der Waals surface area (Å²) >= 11 is 0. The zero-order valence-electron chi connectivity index (χ0n) is 19.1. The van der Waals surface area contributed by atoms with E-state index in [1.54, 1.807) is 0 Å². The van der Waals surface area contributed by atoms with E-state index in [9.17, 15) is 0 Å². The predicted molar refractivity (Wildman–Crippen MR) is 121 cm³/mol. The molecule has 0 fully saturated rings. The Morgan fingerprint density at radius 2 is 0.731 bits per heavy atom. The van der Waals surface area contributed by atoms with Gasteiger partial charge in [0.2, 0.25) is 0 Å². The van der Waals surface area contributed by atoms with E-state index in [-0.39, 0.29) is 0 Å². The largest absolute Gasteiger partial charge is 0.261 e. The van der Waals surface area contributed by atoms with Crippen molar-refractivity contribution in [2.75, 3.05) is 45.8 Å². The Morgan fingerprint density at radius 3 is 0.923 bits per heavy atom. The summed E-state index contributed by atoms with van der Waals surface area (Å²) < 4.78 is 14.0. The van der Waals surface area contributed by atoms with Gasteiger partial charge in [0.05, 0.1) is 0 Å². The molecule has 0 radical (unpaired) electrons. The Bertz CT molecular complexity index is 307. The van der Waals surface area contributed by atoms with Crippen molar-refractivity contribution in [3.63, 3.8) is 0 Å². The first-order chi connectivity index (χ1) is 12.6. The molecule has 0 amide bonds. The van der Waals surface area contributed by atoms with Crippen LogP contribution in [0, 0.1) is 0 Å². The van der Waals surface area contributed by atoms with Crippen LogP contribution in [0.5, 0.6) is 0 Å². The van der Waals surface area contributed by atoms with Crippen LogP contribution in [0.4, 0.5) is 0 Å². The molecular weight excluding hydrogens is 339 g/mol. The van der Waals surface area contributed by atoms with Gasteiger partial charge in [-0.15, -0.1) is 0 Å². The quantitative estimate of drug-likeness (QED) is 0.259. The molecule has 0 aromatic carbocycles. The number of hydrogen-bond donors (Lipinski definition) is 0. The second kappa shape index (κ2) is 16.1. The molecule has 0 aromatic rings. The minimum Gasteiger partial charge on any atom is -0.261 e. The molecule has 0 aromatic heterocycles. The van der Waals surface area contributed by atoms with Gasteiger partial charge in [-0.3, -0.25) is 4.74 Å². The maximum absolute atomic E-state index is 5.58. The highest BCUT2D eigenvalue weighted by molar-refractivity contribution is 7.59. The molecule has 0 atom stereocenters. The minimum absolute atomic E-state index is 0.992. The highest BCUT2D eigenvalue weighted by Crippen LogP contribution is 2.60. The molecule has 0 unspecified atom stereocenters. The molecule has 5 heteroatoms. The molecule has 0 aliphatic heterocycles. The molecule has 0 saturated carbocycles. The van der Waals surface area contributed by atoms with Crippen LogP contribution in [0.2, 0.25) is 0 Å². The van der Waals surface area contributed by atoms with E-state index in [1.165, 1.54) is 77.8 Å². The molecule has 26 heavy (non-hydrogen) atoms. The van der Waals surface area contributed by atoms with Gasteiger partial charge in [0, 0.05) is 45.8 Å². The Labute approximate surface area is 165 Å². The monoisotopic (exact) mass is 388 g/mol. The summed E-state index contributed by atoms with van der Waals surface area (Å²) in [7, 11) is -1.82. The van der Waals surface area contributed by atoms with Crippen molar-refractivity contribution >= 4 is 7.51 Å². The molecule has 0 spiro atoms. The fourth-order valence-corrected chi connectivity index (χ4v) is 8.62. The van der Waals surface area contributed by atoms with Crippen LogP contribution in [-0.2, 0) is 0 Å². The molecule has 0 N–H and O–H groups in total. The normalized spacial score (nSPS) is 12.5. The minimum atomic E-state index is -1.82. The van der Waals surface area contributed by atoms with Gasteiger partial charge < -0.3 is 0 Å². The summed E-state index contributed by atoms with van der Waals surface area (Å²) in [5.74, 6) is 0. The third-order valence-electron chi connectivity index (χ3n) is 4.54. The SMILES string of the molecule is CCCN=P(N(CCC)CCC)(N(CCC)CCC)N(CCC)CCC. The third kappa shape index (κ3) is 7.62. The number of hydrogen-bond acceptors (Lipinski definition) is 1. The van der Waals surface area contributed by atoms with Crippen molar-refractivity contribution < 1.29 is 0 Å². The zero-order chi connectivity index (χ0) is 19.8. The Morgan fingerprint density at radius 1 is 0.462 bits per heavy atom. The van der Waals surface area contributed by atoms with Gasteiger partial charge in [-0.1, -0.05) is 48.5 Å². The number of nitrogens with zero attached hydrogens (tertiary/aromatic N) is 4. The lowest BCUT2D eigenvalue weighted by Crippen LogP contribution is -2.43. The number of rotatable bonds is 17. The van der Waals surface area contributed by atoms with Crippen molar-refractivity contribution in [1.82, 2.24) is 14.0 Å². The van der Waals surface area contributed by atoms with E-state index in [1.807, 2.05) is 0 Å².